The fourth-order valence-electron chi connectivity index (χ4n) is 2.28. The smallest absolute Gasteiger partial charge is 0.323 e. The fourth-order valence-corrected chi connectivity index (χ4v) is 2.28. The summed E-state index contributed by atoms with van der Waals surface area (Å²) in [5.41, 5.74) is 2.72. The molecule has 0 radical (unpaired) electrons. The largest absolute Gasteiger partial charge is 0.480 e. The Balaban J connectivity index is 1.91. The number of hydrogen-bond donors (Lipinski definition) is 2. The second-order valence-electron chi connectivity index (χ2n) is 4.74. The predicted octanol–water partition coefficient (Wildman–Crippen LogP) is 2.73. The number of nitrogens with one attached hydrogen (secondary N) is 1. The van der Waals surface area contributed by atoms with Crippen LogP contribution in [0.1, 0.15) is 5.56 Å². The summed E-state index contributed by atoms with van der Waals surface area (Å²) in [6.07, 6.45) is 0. The highest BCUT2D eigenvalue weighted by Crippen LogP contribution is 2.20. The molecule has 2 N–H and O–H groups in total. The maximum atomic E-state index is 11.1. The number of fused-ring (bicyclic) bond motifs is 1. The third kappa shape index (κ3) is 2.86. The number of para-hydroxylation sites is 2. The van der Waals surface area contributed by atoms with Crippen LogP contribution in [0.4, 0.5) is 5.95 Å². The van der Waals surface area contributed by atoms with Crippen molar-refractivity contribution in [1.29, 1.82) is 0 Å². The van der Waals surface area contributed by atoms with Gasteiger partial charge in [0.1, 0.15) is 6.54 Å². The van der Waals surface area contributed by atoms with Gasteiger partial charge >= 0.3 is 5.97 Å². The minimum atomic E-state index is -0.888. The van der Waals surface area contributed by atoms with E-state index in [1.165, 1.54) is 0 Å². The van der Waals surface area contributed by atoms with Crippen LogP contribution >= 0.6 is 0 Å². The zero-order valence-electron chi connectivity index (χ0n) is 11.4. The van der Waals surface area contributed by atoms with Crippen LogP contribution in [0, 0.1) is 0 Å². The molecular formula is C16H15N3O2. The first kappa shape index (κ1) is 13.2. The van der Waals surface area contributed by atoms with E-state index in [0.29, 0.717) is 12.5 Å². The molecule has 2 aromatic carbocycles. The van der Waals surface area contributed by atoms with Crippen molar-refractivity contribution in [3.8, 4) is 0 Å². The van der Waals surface area contributed by atoms with Gasteiger partial charge in [-0.2, -0.15) is 0 Å². The summed E-state index contributed by atoms with van der Waals surface area (Å²) in [5, 5.41) is 12.3. The standard InChI is InChI=1S/C16H15N3O2/c20-15(21)11-19-14-9-5-4-8-13(14)18-16(19)17-10-12-6-2-1-3-7-12/h1-9H,10-11H2,(H,17,18)(H,20,21). The molecule has 0 spiro atoms. The van der Waals surface area contributed by atoms with Crippen molar-refractivity contribution in [2.45, 2.75) is 13.1 Å². The van der Waals surface area contributed by atoms with Crippen molar-refractivity contribution in [2.75, 3.05) is 5.32 Å². The first-order chi connectivity index (χ1) is 10.2. The van der Waals surface area contributed by atoms with Gasteiger partial charge < -0.3 is 10.4 Å². The number of carboxylic acids is 1. The van der Waals surface area contributed by atoms with Gasteiger partial charge in [0.25, 0.3) is 0 Å². The van der Waals surface area contributed by atoms with Gasteiger partial charge in [0.2, 0.25) is 5.95 Å². The summed E-state index contributed by atoms with van der Waals surface area (Å²) in [5.74, 6) is -0.316. The summed E-state index contributed by atoms with van der Waals surface area (Å²) in [4.78, 5) is 15.5. The van der Waals surface area contributed by atoms with Crippen LogP contribution in [-0.2, 0) is 17.9 Å². The van der Waals surface area contributed by atoms with E-state index >= 15 is 0 Å². The first-order valence-corrected chi connectivity index (χ1v) is 6.69. The highest BCUT2D eigenvalue weighted by atomic mass is 16.4. The average Bonchev–Trinajstić information content (AvgIpc) is 2.84. The molecule has 5 nitrogen and oxygen atoms in total. The molecule has 0 aliphatic carbocycles. The number of aliphatic carboxylic acids is 1. The molecule has 3 rings (SSSR count). The molecule has 0 saturated carbocycles. The number of benzene rings is 2. The predicted molar refractivity (Wildman–Crippen MR) is 81.1 cm³/mol. The number of carboxylic acid groups (broad SMARTS) is 1. The monoisotopic (exact) mass is 281 g/mol. The van der Waals surface area contributed by atoms with Gasteiger partial charge in [-0.25, -0.2) is 4.98 Å². The number of imidazole rings is 1. The molecule has 0 unspecified atom stereocenters. The van der Waals surface area contributed by atoms with Gasteiger partial charge in [0.15, 0.2) is 0 Å². The fraction of sp³-hybridized carbons (Fsp3) is 0.125. The van der Waals surface area contributed by atoms with Crippen LogP contribution in [0.2, 0.25) is 0 Å². The van der Waals surface area contributed by atoms with Crippen LogP contribution in [0.3, 0.4) is 0 Å². The Morgan fingerprint density at radius 3 is 2.57 bits per heavy atom. The summed E-state index contributed by atoms with van der Waals surface area (Å²) in [6.45, 7) is 0.488. The Bertz CT molecular complexity index is 766. The SMILES string of the molecule is O=C(O)Cn1c(NCc2ccccc2)nc2ccccc21. The molecule has 3 aromatic rings. The number of aromatic nitrogens is 2. The van der Waals surface area contributed by atoms with Crippen molar-refractivity contribution in [1.82, 2.24) is 9.55 Å². The Morgan fingerprint density at radius 2 is 1.81 bits per heavy atom. The molecule has 0 saturated heterocycles. The molecule has 0 bridgehead atoms. The minimum absolute atomic E-state index is 0.113. The minimum Gasteiger partial charge on any atom is -0.480 e. The molecular weight excluding hydrogens is 266 g/mol. The highest BCUT2D eigenvalue weighted by Gasteiger charge is 2.12. The summed E-state index contributed by atoms with van der Waals surface area (Å²) < 4.78 is 1.68. The van der Waals surface area contributed by atoms with Crippen molar-refractivity contribution in [3.63, 3.8) is 0 Å². The third-order valence-electron chi connectivity index (χ3n) is 3.24. The third-order valence-corrected chi connectivity index (χ3v) is 3.24. The molecule has 106 valence electrons. The Hall–Kier alpha value is -2.82. The van der Waals surface area contributed by atoms with E-state index in [0.717, 1.165) is 16.6 Å². The van der Waals surface area contributed by atoms with E-state index in [9.17, 15) is 4.79 Å². The number of carbonyl (C=O) groups is 1. The zero-order chi connectivity index (χ0) is 14.7. The van der Waals surface area contributed by atoms with Crippen LogP contribution in [0.25, 0.3) is 11.0 Å². The van der Waals surface area contributed by atoms with Gasteiger partial charge in [-0.15, -0.1) is 0 Å². The van der Waals surface area contributed by atoms with Gasteiger partial charge in [-0.05, 0) is 17.7 Å². The van der Waals surface area contributed by atoms with E-state index in [4.69, 9.17) is 5.11 Å². The zero-order valence-corrected chi connectivity index (χ0v) is 11.4. The maximum Gasteiger partial charge on any atom is 0.323 e. The van der Waals surface area contributed by atoms with Gasteiger partial charge in [-0.3, -0.25) is 9.36 Å². The van der Waals surface area contributed by atoms with E-state index < -0.39 is 5.97 Å². The van der Waals surface area contributed by atoms with Crippen molar-refractivity contribution < 1.29 is 9.90 Å². The van der Waals surface area contributed by atoms with Crippen molar-refractivity contribution in [2.24, 2.45) is 0 Å². The Kier molecular flexibility index (Phi) is 3.55. The lowest BCUT2D eigenvalue weighted by Gasteiger charge is -2.08. The van der Waals surface area contributed by atoms with Crippen LogP contribution < -0.4 is 5.32 Å². The molecule has 0 aliphatic heterocycles. The molecule has 0 fully saturated rings. The van der Waals surface area contributed by atoms with Crippen LogP contribution in [0.15, 0.2) is 54.6 Å². The first-order valence-electron chi connectivity index (χ1n) is 6.69. The average molecular weight is 281 g/mol. The second kappa shape index (κ2) is 5.66. The quantitative estimate of drug-likeness (QED) is 0.754. The number of nitrogens with zero attached hydrogens (tertiary/aromatic N) is 2. The highest BCUT2D eigenvalue weighted by molar-refractivity contribution is 5.81. The maximum absolute atomic E-state index is 11.1. The van der Waals surface area contributed by atoms with Gasteiger partial charge in [-0.1, -0.05) is 42.5 Å². The summed E-state index contributed by atoms with van der Waals surface area (Å²) in [6, 6.07) is 17.4. The molecule has 0 amide bonds. The lowest BCUT2D eigenvalue weighted by molar-refractivity contribution is -0.137. The number of rotatable bonds is 5. The molecule has 0 aliphatic rings. The molecule has 0 atom stereocenters. The van der Waals surface area contributed by atoms with Crippen LogP contribution in [-0.4, -0.2) is 20.6 Å². The number of anilines is 1. The van der Waals surface area contributed by atoms with E-state index in [1.54, 1.807) is 4.57 Å². The van der Waals surface area contributed by atoms with Crippen LogP contribution in [0.5, 0.6) is 0 Å². The van der Waals surface area contributed by atoms with E-state index in [2.05, 4.69) is 10.3 Å². The lowest BCUT2D eigenvalue weighted by atomic mass is 10.2. The lowest BCUT2D eigenvalue weighted by Crippen LogP contribution is -2.13. The number of hydrogen-bond acceptors (Lipinski definition) is 3. The normalized spacial score (nSPS) is 10.7. The topological polar surface area (TPSA) is 67.2 Å². The van der Waals surface area contributed by atoms with Gasteiger partial charge in [0, 0.05) is 6.54 Å². The molecule has 5 heteroatoms. The summed E-state index contributed by atoms with van der Waals surface area (Å²) in [7, 11) is 0. The van der Waals surface area contributed by atoms with Crippen molar-refractivity contribution in [3.05, 3.63) is 60.2 Å². The second-order valence-corrected chi connectivity index (χ2v) is 4.74. The molecule has 1 heterocycles. The van der Waals surface area contributed by atoms with Crippen molar-refractivity contribution >= 4 is 23.0 Å². The Labute approximate surface area is 121 Å². The molecule has 1 aromatic heterocycles. The Morgan fingerprint density at radius 1 is 1.10 bits per heavy atom. The molecule has 21 heavy (non-hydrogen) atoms. The summed E-state index contributed by atoms with van der Waals surface area (Å²) >= 11 is 0. The van der Waals surface area contributed by atoms with E-state index in [-0.39, 0.29) is 6.54 Å². The van der Waals surface area contributed by atoms with Gasteiger partial charge in [0.05, 0.1) is 11.0 Å². The van der Waals surface area contributed by atoms with E-state index in [1.807, 2.05) is 54.6 Å².